The molecule has 0 saturated carbocycles. The lowest BCUT2D eigenvalue weighted by Gasteiger charge is -2.27. The molecule has 0 bridgehead atoms. The molecule has 3 rings (SSSR count). The monoisotopic (exact) mass is 454 g/mol. The largest absolute Gasteiger partial charge is 0.493 e. The Labute approximate surface area is 191 Å². The van der Waals surface area contributed by atoms with Crippen LogP contribution in [0.25, 0.3) is 6.08 Å². The number of hydrogen-bond donors (Lipinski definition) is 1. The van der Waals surface area contributed by atoms with Crippen molar-refractivity contribution in [3.8, 4) is 11.5 Å². The first-order valence-corrected chi connectivity index (χ1v) is 10.4. The summed E-state index contributed by atoms with van der Waals surface area (Å²) in [5.41, 5.74) is 1.30. The van der Waals surface area contributed by atoms with Crippen molar-refractivity contribution in [2.75, 3.05) is 18.6 Å². The van der Waals surface area contributed by atoms with Crippen LogP contribution in [0.1, 0.15) is 24.5 Å². The second kappa shape index (κ2) is 10.2. The third-order valence-corrected chi connectivity index (χ3v) is 5.01. The number of nitrogens with zero attached hydrogens (tertiary/aromatic N) is 1. The first kappa shape index (κ1) is 23.1. The van der Waals surface area contributed by atoms with Gasteiger partial charge in [0.05, 0.1) is 24.4 Å². The van der Waals surface area contributed by atoms with Gasteiger partial charge in [-0.3, -0.25) is 14.9 Å². The maximum atomic E-state index is 13.1. The van der Waals surface area contributed by atoms with Crippen LogP contribution in [0.15, 0.2) is 54.6 Å². The minimum Gasteiger partial charge on any atom is -0.493 e. The Morgan fingerprint density at radius 2 is 1.94 bits per heavy atom. The van der Waals surface area contributed by atoms with Crippen LogP contribution in [-0.2, 0) is 16.0 Å². The summed E-state index contributed by atoms with van der Waals surface area (Å²) in [6.07, 6.45) is 4.45. The van der Waals surface area contributed by atoms with Gasteiger partial charge in [0, 0.05) is 5.56 Å². The van der Waals surface area contributed by atoms with Crippen molar-refractivity contribution in [3.05, 3.63) is 70.8 Å². The molecule has 0 aliphatic carbocycles. The van der Waals surface area contributed by atoms with Crippen molar-refractivity contribution in [3.63, 3.8) is 0 Å². The smallest absolute Gasteiger partial charge is 0.335 e. The van der Waals surface area contributed by atoms with Gasteiger partial charge >= 0.3 is 6.03 Å². The van der Waals surface area contributed by atoms with Gasteiger partial charge in [0.15, 0.2) is 11.5 Å². The molecule has 1 aliphatic rings. The number of benzene rings is 2. The molecular weight excluding hydrogens is 432 g/mol. The molecule has 2 aromatic carbocycles. The number of imide groups is 2. The third kappa shape index (κ3) is 4.68. The Morgan fingerprint density at radius 1 is 1.19 bits per heavy atom. The highest BCUT2D eigenvalue weighted by Gasteiger charge is 2.37. The lowest BCUT2D eigenvalue weighted by Crippen LogP contribution is -2.54. The lowest BCUT2D eigenvalue weighted by molar-refractivity contribution is -0.122. The molecule has 166 valence electrons. The first-order valence-electron chi connectivity index (χ1n) is 10.0. The molecular formula is C24H23ClN2O5. The Balaban J connectivity index is 2.07. The molecule has 0 atom stereocenters. The van der Waals surface area contributed by atoms with Gasteiger partial charge in [-0.25, -0.2) is 9.69 Å². The van der Waals surface area contributed by atoms with E-state index in [2.05, 4.69) is 11.9 Å². The number of amides is 4. The highest BCUT2D eigenvalue weighted by atomic mass is 35.5. The average molecular weight is 455 g/mol. The number of nitrogens with one attached hydrogen (secondary N) is 1. The zero-order valence-electron chi connectivity index (χ0n) is 17.8. The van der Waals surface area contributed by atoms with Crippen molar-refractivity contribution in [2.45, 2.75) is 19.8 Å². The van der Waals surface area contributed by atoms with Crippen LogP contribution in [0.4, 0.5) is 10.5 Å². The van der Waals surface area contributed by atoms with Gasteiger partial charge < -0.3 is 9.47 Å². The normalized spacial score (nSPS) is 15.0. The number of methoxy groups -OCH3 is 1. The fraction of sp³-hybridized carbons (Fsp3) is 0.208. The van der Waals surface area contributed by atoms with Gasteiger partial charge in [-0.05, 0) is 48.7 Å². The van der Waals surface area contributed by atoms with Crippen LogP contribution in [0, 0.1) is 0 Å². The van der Waals surface area contributed by atoms with Gasteiger partial charge in [0.2, 0.25) is 0 Å². The predicted octanol–water partition coefficient (Wildman–Crippen LogP) is 4.53. The first-order chi connectivity index (χ1) is 15.4. The van der Waals surface area contributed by atoms with Gasteiger partial charge in [-0.2, -0.15) is 0 Å². The average Bonchev–Trinajstić information content (AvgIpc) is 2.77. The molecule has 0 spiro atoms. The summed E-state index contributed by atoms with van der Waals surface area (Å²) in [7, 11) is 1.51. The number of carbonyl (C=O) groups is 3. The van der Waals surface area contributed by atoms with Crippen molar-refractivity contribution >= 4 is 41.2 Å². The molecule has 1 saturated heterocycles. The van der Waals surface area contributed by atoms with E-state index < -0.39 is 17.8 Å². The van der Waals surface area contributed by atoms with E-state index in [1.54, 1.807) is 36.4 Å². The van der Waals surface area contributed by atoms with Gasteiger partial charge in [-0.1, -0.05) is 36.7 Å². The molecule has 1 N–H and O–H groups in total. The minimum atomic E-state index is -0.863. The molecule has 1 fully saturated rings. The quantitative estimate of drug-likeness (QED) is 0.360. The summed E-state index contributed by atoms with van der Waals surface area (Å²) < 4.78 is 11.3. The number of urea groups is 1. The summed E-state index contributed by atoms with van der Waals surface area (Å²) in [6, 6.07) is 8.99. The van der Waals surface area contributed by atoms with Crippen LogP contribution in [-0.4, -0.2) is 31.6 Å². The fourth-order valence-electron chi connectivity index (χ4n) is 3.27. The molecule has 8 heteroatoms. The number of barbiturate groups is 1. The van der Waals surface area contributed by atoms with E-state index in [4.69, 9.17) is 21.1 Å². The molecule has 1 aliphatic heterocycles. The zero-order chi connectivity index (χ0) is 23.3. The van der Waals surface area contributed by atoms with Gasteiger partial charge in [-0.15, -0.1) is 6.58 Å². The number of carbonyl (C=O) groups excluding carboxylic acids is 3. The maximum absolute atomic E-state index is 13.1. The van der Waals surface area contributed by atoms with Crippen LogP contribution in [0.5, 0.6) is 11.5 Å². The fourth-order valence-corrected chi connectivity index (χ4v) is 3.49. The predicted molar refractivity (Wildman–Crippen MR) is 123 cm³/mol. The van der Waals surface area contributed by atoms with Crippen molar-refractivity contribution < 1.29 is 23.9 Å². The van der Waals surface area contributed by atoms with E-state index in [0.29, 0.717) is 30.1 Å². The highest BCUT2D eigenvalue weighted by Crippen LogP contribution is 2.35. The second-order valence-corrected chi connectivity index (χ2v) is 7.37. The Kier molecular flexibility index (Phi) is 7.33. The Hall–Kier alpha value is -3.58. The van der Waals surface area contributed by atoms with Crippen molar-refractivity contribution in [1.29, 1.82) is 0 Å². The Morgan fingerprint density at radius 3 is 2.59 bits per heavy atom. The summed E-state index contributed by atoms with van der Waals surface area (Å²) in [4.78, 5) is 38.9. The van der Waals surface area contributed by atoms with E-state index in [1.165, 1.54) is 19.3 Å². The van der Waals surface area contributed by atoms with E-state index in [1.807, 2.05) is 6.92 Å². The summed E-state index contributed by atoms with van der Waals surface area (Å²) in [5.74, 6) is -0.516. The van der Waals surface area contributed by atoms with Gasteiger partial charge in [0.1, 0.15) is 5.57 Å². The molecule has 32 heavy (non-hydrogen) atoms. The third-order valence-electron chi connectivity index (χ3n) is 4.69. The number of para-hydroxylation sites is 1. The van der Waals surface area contributed by atoms with E-state index >= 15 is 0 Å². The molecule has 7 nitrogen and oxygen atoms in total. The topological polar surface area (TPSA) is 84.9 Å². The maximum Gasteiger partial charge on any atom is 0.335 e. The number of allylic oxidation sites excluding steroid dienone is 1. The summed E-state index contributed by atoms with van der Waals surface area (Å²) >= 11 is 6.17. The number of halogens is 1. The van der Waals surface area contributed by atoms with E-state index in [0.717, 1.165) is 16.9 Å². The molecule has 0 unspecified atom stereocenters. The van der Waals surface area contributed by atoms with E-state index in [9.17, 15) is 14.4 Å². The molecule has 2 aromatic rings. The van der Waals surface area contributed by atoms with Crippen LogP contribution >= 0.6 is 11.6 Å². The highest BCUT2D eigenvalue weighted by molar-refractivity contribution is 6.42. The number of anilines is 1. The van der Waals surface area contributed by atoms with Crippen LogP contribution in [0.2, 0.25) is 5.02 Å². The Bertz CT molecular complexity index is 1110. The van der Waals surface area contributed by atoms with Crippen LogP contribution in [0.3, 0.4) is 0 Å². The van der Waals surface area contributed by atoms with Crippen molar-refractivity contribution in [2.24, 2.45) is 0 Å². The second-order valence-electron chi connectivity index (χ2n) is 6.96. The van der Waals surface area contributed by atoms with Gasteiger partial charge in [0.25, 0.3) is 11.8 Å². The standard InChI is InChI=1S/C24H23ClN2O5/c1-4-8-16-12-15(14-20(31-3)21(16)32-11-5-2)13-17-22(28)26-24(30)27(23(17)29)19-10-7-6-9-18(19)25/h4,6-7,9-10,12-14H,1,5,8,11H2,2-3H3,(H,26,28,30)/b17-13+. The summed E-state index contributed by atoms with van der Waals surface area (Å²) in [6.45, 7) is 6.28. The van der Waals surface area contributed by atoms with Crippen LogP contribution < -0.4 is 19.7 Å². The number of hydrogen-bond acceptors (Lipinski definition) is 5. The van der Waals surface area contributed by atoms with E-state index in [-0.39, 0.29) is 16.3 Å². The SMILES string of the molecule is C=CCc1cc(/C=C2\C(=O)NC(=O)N(c3ccccc3Cl)C2=O)cc(OC)c1OCCC. The van der Waals surface area contributed by atoms with Crippen molar-refractivity contribution in [1.82, 2.24) is 5.32 Å². The number of ether oxygens (including phenoxy) is 2. The molecule has 0 radical (unpaired) electrons. The summed E-state index contributed by atoms with van der Waals surface area (Å²) in [5, 5.41) is 2.40. The molecule has 4 amide bonds. The molecule has 0 aromatic heterocycles. The minimum absolute atomic E-state index is 0.184. The molecule has 1 heterocycles. The zero-order valence-corrected chi connectivity index (χ0v) is 18.6. The number of rotatable bonds is 8. The lowest BCUT2D eigenvalue weighted by atomic mass is 10.0.